The van der Waals surface area contributed by atoms with Crippen LogP contribution in [0.15, 0.2) is 0 Å². The van der Waals surface area contributed by atoms with Crippen LogP contribution in [0.1, 0.15) is 33.1 Å². The number of nitrogens with two attached hydrogens (primary N) is 1. The Morgan fingerprint density at radius 2 is 2.10 bits per heavy atom. The number of rotatable bonds is 5. The van der Waals surface area contributed by atoms with E-state index < -0.39 is 0 Å². The molecule has 0 amide bonds. The molecule has 2 heteroatoms. The van der Waals surface area contributed by atoms with Crippen molar-refractivity contribution >= 4 is 0 Å². The maximum absolute atomic E-state index is 5.78. The number of hydrogen-bond donors (Lipinski definition) is 1. The molecule has 0 aromatic heterocycles. The summed E-state index contributed by atoms with van der Waals surface area (Å²) in [6, 6.07) is 0.319. The quantitative estimate of drug-likeness (QED) is 0.637. The highest BCUT2D eigenvalue weighted by Gasteiger charge is 2.05. The van der Waals surface area contributed by atoms with Crippen molar-refractivity contribution in [2.75, 3.05) is 7.11 Å². The molecule has 0 aromatic carbocycles. The van der Waals surface area contributed by atoms with Crippen LogP contribution in [0.4, 0.5) is 0 Å². The van der Waals surface area contributed by atoms with Gasteiger partial charge < -0.3 is 10.5 Å². The average Bonchev–Trinajstić information content (AvgIpc) is 1.88. The van der Waals surface area contributed by atoms with Crippen LogP contribution < -0.4 is 5.73 Å². The molecule has 10 heavy (non-hydrogen) atoms. The third kappa shape index (κ3) is 4.77. The van der Waals surface area contributed by atoms with E-state index in [4.69, 9.17) is 10.5 Å². The zero-order valence-electron chi connectivity index (χ0n) is 7.26. The SMILES string of the molecule is CCC[C@H](N)CC(C)OC. The Balaban J connectivity index is 3.27. The molecule has 62 valence electrons. The van der Waals surface area contributed by atoms with Gasteiger partial charge in [-0.1, -0.05) is 13.3 Å². The van der Waals surface area contributed by atoms with Crippen LogP contribution in [-0.4, -0.2) is 19.3 Å². The molecule has 0 aromatic rings. The van der Waals surface area contributed by atoms with Gasteiger partial charge in [-0.2, -0.15) is 0 Å². The molecule has 0 saturated heterocycles. The van der Waals surface area contributed by atoms with E-state index in [1.807, 2.05) is 0 Å². The first-order valence-corrected chi connectivity index (χ1v) is 3.99. The van der Waals surface area contributed by atoms with E-state index in [9.17, 15) is 0 Å². The Hall–Kier alpha value is -0.0800. The summed E-state index contributed by atoms with van der Waals surface area (Å²) in [6.45, 7) is 4.20. The van der Waals surface area contributed by atoms with Crippen molar-refractivity contribution in [2.45, 2.75) is 45.3 Å². The molecule has 1 unspecified atom stereocenters. The van der Waals surface area contributed by atoms with Gasteiger partial charge >= 0.3 is 0 Å². The third-order valence-corrected chi connectivity index (χ3v) is 1.70. The molecule has 0 aliphatic carbocycles. The zero-order valence-corrected chi connectivity index (χ0v) is 7.26. The summed E-state index contributed by atoms with van der Waals surface area (Å²) in [5.74, 6) is 0. The topological polar surface area (TPSA) is 35.2 Å². The summed E-state index contributed by atoms with van der Waals surface area (Å²) in [5, 5.41) is 0. The van der Waals surface area contributed by atoms with Gasteiger partial charge in [-0.25, -0.2) is 0 Å². The van der Waals surface area contributed by atoms with E-state index in [1.54, 1.807) is 7.11 Å². The predicted octanol–water partition coefficient (Wildman–Crippen LogP) is 1.54. The first kappa shape index (κ1) is 9.92. The number of ether oxygens (including phenoxy) is 1. The molecule has 0 radical (unpaired) electrons. The molecule has 2 atom stereocenters. The van der Waals surface area contributed by atoms with Crippen LogP contribution >= 0.6 is 0 Å². The standard InChI is InChI=1S/C8H19NO/c1-4-5-8(9)6-7(2)10-3/h7-8H,4-6,9H2,1-3H3/t7?,8-/m0/s1. The molecular formula is C8H19NO. The van der Waals surface area contributed by atoms with Crippen LogP contribution in [0.2, 0.25) is 0 Å². The Bertz CT molecular complexity index is 75.7. The van der Waals surface area contributed by atoms with Crippen molar-refractivity contribution in [3.05, 3.63) is 0 Å². The molecular weight excluding hydrogens is 126 g/mol. The van der Waals surface area contributed by atoms with E-state index in [-0.39, 0.29) is 0 Å². The molecule has 0 heterocycles. The fourth-order valence-electron chi connectivity index (χ4n) is 1.01. The van der Waals surface area contributed by atoms with Gasteiger partial charge in [0.05, 0.1) is 6.10 Å². The maximum atomic E-state index is 5.78. The summed E-state index contributed by atoms with van der Waals surface area (Å²) in [5.41, 5.74) is 5.78. The zero-order chi connectivity index (χ0) is 7.98. The van der Waals surface area contributed by atoms with Gasteiger partial charge in [0.1, 0.15) is 0 Å². The van der Waals surface area contributed by atoms with E-state index in [0.29, 0.717) is 12.1 Å². The van der Waals surface area contributed by atoms with Gasteiger partial charge in [-0.3, -0.25) is 0 Å². The summed E-state index contributed by atoms with van der Waals surface area (Å²) in [6.07, 6.45) is 3.55. The fourth-order valence-corrected chi connectivity index (χ4v) is 1.01. The number of methoxy groups -OCH3 is 1. The highest BCUT2D eigenvalue weighted by Crippen LogP contribution is 2.03. The largest absolute Gasteiger partial charge is 0.382 e. The van der Waals surface area contributed by atoms with Gasteiger partial charge in [-0.15, -0.1) is 0 Å². The third-order valence-electron chi connectivity index (χ3n) is 1.70. The Labute approximate surface area is 63.7 Å². The smallest absolute Gasteiger partial charge is 0.0558 e. The van der Waals surface area contributed by atoms with Crippen LogP contribution in [0.5, 0.6) is 0 Å². The first-order chi connectivity index (χ1) is 4.70. The molecule has 0 aliphatic rings. The normalized spacial score (nSPS) is 16.8. The van der Waals surface area contributed by atoms with Crippen LogP contribution in [0.25, 0.3) is 0 Å². The van der Waals surface area contributed by atoms with Gasteiger partial charge in [-0.05, 0) is 19.8 Å². The van der Waals surface area contributed by atoms with Crippen molar-refractivity contribution in [2.24, 2.45) is 5.73 Å². The lowest BCUT2D eigenvalue weighted by molar-refractivity contribution is 0.104. The van der Waals surface area contributed by atoms with Gasteiger partial charge in [0.25, 0.3) is 0 Å². The lowest BCUT2D eigenvalue weighted by Crippen LogP contribution is -2.25. The molecule has 0 fully saturated rings. The van der Waals surface area contributed by atoms with Gasteiger partial charge in [0, 0.05) is 13.2 Å². The number of hydrogen-bond acceptors (Lipinski definition) is 2. The van der Waals surface area contributed by atoms with Crippen molar-refractivity contribution in [1.82, 2.24) is 0 Å². The minimum Gasteiger partial charge on any atom is -0.382 e. The Morgan fingerprint density at radius 3 is 2.50 bits per heavy atom. The molecule has 0 aliphatic heterocycles. The van der Waals surface area contributed by atoms with Gasteiger partial charge in [0.2, 0.25) is 0 Å². The molecule has 0 bridgehead atoms. The second-order valence-corrected chi connectivity index (χ2v) is 2.83. The summed E-state index contributed by atoms with van der Waals surface area (Å²) >= 11 is 0. The van der Waals surface area contributed by atoms with Crippen LogP contribution in [-0.2, 0) is 4.74 Å². The van der Waals surface area contributed by atoms with Crippen LogP contribution in [0.3, 0.4) is 0 Å². The average molecular weight is 145 g/mol. The summed E-state index contributed by atoms with van der Waals surface area (Å²) < 4.78 is 5.09. The summed E-state index contributed by atoms with van der Waals surface area (Å²) in [7, 11) is 1.73. The summed E-state index contributed by atoms with van der Waals surface area (Å²) in [4.78, 5) is 0. The van der Waals surface area contributed by atoms with Gasteiger partial charge in [0.15, 0.2) is 0 Å². The predicted molar refractivity (Wildman–Crippen MR) is 44.0 cm³/mol. The van der Waals surface area contributed by atoms with Crippen molar-refractivity contribution < 1.29 is 4.74 Å². The Kier molecular flexibility index (Phi) is 5.64. The molecule has 2 N–H and O–H groups in total. The minimum atomic E-state index is 0.307. The van der Waals surface area contributed by atoms with E-state index in [2.05, 4.69) is 13.8 Å². The Morgan fingerprint density at radius 1 is 1.50 bits per heavy atom. The molecule has 0 spiro atoms. The fraction of sp³-hybridized carbons (Fsp3) is 1.00. The second kappa shape index (κ2) is 5.69. The molecule has 2 nitrogen and oxygen atoms in total. The lowest BCUT2D eigenvalue weighted by atomic mass is 10.1. The second-order valence-electron chi connectivity index (χ2n) is 2.83. The first-order valence-electron chi connectivity index (χ1n) is 3.99. The van der Waals surface area contributed by atoms with Crippen molar-refractivity contribution in [1.29, 1.82) is 0 Å². The van der Waals surface area contributed by atoms with Crippen molar-refractivity contribution in [3.63, 3.8) is 0 Å². The van der Waals surface area contributed by atoms with Crippen molar-refractivity contribution in [3.8, 4) is 0 Å². The van der Waals surface area contributed by atoms with Crippen LogP contribution in [0, 0.1) is 0 Å². The van der Waals surface area contributed by atoms with E-state index >= 15 is 0 Å². The molecule has 0 rings (SSSR count). The monoisotopic (exact) mass is 145 g/mol. The highest BCUT2D eigenvalue weighted by molar-refractivity contribution is 4.64. The highest BCUT2D eigenvalue weighted by atomic mass is 16.5. The lowest BCUT2D eigenvalue weighted by Gasteiger charge is -2.14. The van der Waals surface area contributed by atoms with E-state index in [0.717, 1.165) is 19.3 Å². The van der Waals surface area contributed by atoms with E-state index in [1.165, 1.54) is 0 Å². The minimum absolute atomic E-state index is 0.307. The molecule has 0 saturated carbocycles. The maximum Gasteiger partial charge on any atom is 0.0558 e.